The van der Waals surface area contributed by atoms with Gasteiger partial charge in [-0.15, -0.1) is 10.2 Å². The average molecular weight is 430 g/mol. The van der Waals surface area contributed by atoms with Crippen LogP contribution in [0.25, 0.3) is 0 Å². The summed E-state index contributed by atoms with van der Waals surface area (Å²) in [5.41, 5.74) is 1.13. The van der Waals surface area contributed by atoms with Gasteiger partial charge < -0.3 is 24.8 Å². The number of benzene rings is 1. The molecule has 0 radical (unpaired) electrons. The fourth-order valence-electron chi connectivity index (χ4n) is 3.29. The van der Waals surface area contributed by atoms with Gasteiger partial charge in [-0.25, -0.2) is 4.99 Å². The molecule has 1 atom stereocenters. The molecule has 8 heteroatoms. The van der Waals surface area contributed by atoms with Crippen molar-refractivity contribution in [2.75, 3.05) is 26.7 Å². The van der Waals surface area contributed by atoms with Crippen LogP contribution in [-0.4, -0.2) is 58.4 Å². The van der Waals surface area contributed by atoms with Crippen molar-refractivity contribution in [1.82, 2.24) is 30.3 Å². The third-order valence-corrected chi connectivity index (χ3v) is 5.56. The van der Waals surface area contributed by atoms with Crippen molar-refractivity contribution < 1.29 is 4.74 Å². The Balaban J connectivity index is 1.98. The van der Waals surface area contributed by atoms with Gasteiger partial charge in [0.25, 0.3) is 0 Å². The number of hydrogen-bond donors (Lipinski definition) is 2. The lowest BCUT2D eigenvalue weighted by molar-refractivity contribution is 0.292. The maximum atomic E-state index is 5.24. The van der Waals surface area contributed by atoms with Crippen LogP contribution in [-0.2, 0) is 20.1 Å². The Hall–Kier alpha value is -2.61. The van der Waals surface area contributed by atoms with Crippen LogP contribution in [0.3, 0.4) is 0 Å². The van der Waals surface area contributed by atoms with Crippen LogP contribution in [0.15, 0.2) is 29.3 Å². The largest absolute Gasteiger partial charge is 0.497 e. The first-order chi connectivity index (χ1) is 15.0. The molecule has 1 aromatic heterocycles. The van der Waals surface area contributed by atoms with Crippen LogP contribution < -0.4 is 15.4 Å². The highest BCUT2D eigenvalue weighted by Crippen LogP contribution is 2.12. The van der Waals surface area contributed by atoms with Crippen molar-refractivity contribution in [2.24, 2.45) is 12.0 Å². The summed E-state index contributed by atoms with van der Waals surface area (Å²) in [6, 6.07) is 8.32. The lowest BCUT2D eigenvalue weighted by Crippen LogP contribution is -2.42. The van der Waals surface area contributed by atoms with Crippen molar-refractivity contribution >= 4 is 5.96 Å². The molecule has 2 aromatic rings. The second kappa shape index (κ2) is 12.9. The van der Waals surface area contributed by atoms with Gasteiger partial charge in [-0.1, -0.05) is 26.0 Å². The molecule has 1 heterocycles. The van der Waals surface area contributed by atoms with Crippen molar-refractivity contribution in [3.8, 4) is 5.75 Å². The Morgan fingerprint density at radius 3 is 2.48 bits per heavy atom. The summed E-state index contributed by atoms with van der Waals surface area (Å²) in [6.45, 7) is 13.1. The summed E-state index contributed by atoms with van der Waals surface area (Å²) in [4.78, 5) is 7.26. The maximum Gasteiger partial charge on any atom is 0.192 e. The van der Waals surface area contributed by atoms with Crippen LogP contribution in [0.5, 0.6) is 5.75 Å². The molecular weight excluding hydrogens is 390 g/mol. The zero-order valence-corrected chi connectivity index (χ0v) is 20.0. The second-order valence-electron chi connectivity index (χ2n) is 7.80. The Labute approximate surface area is 187 Å². The molecule has 0 aliphatic rings. The molecule has 31 heavy (non-hydrogen) atoms. The van der Waals surface area contributed by atoms with Crippen LogP contribution in [0.4, 0.5) is 0 Å². The van der Waals surface area contributed by atoms with E-state index in [2.05, 4.69) is 46.5 Å². The number of rotatable bonds is 12. The lowest BCUT2D eigenvalue weighted by atomic mass is 10.2. The van der Waals surface area contributed by atoms with E-state index in [0.29, 0.717) is 19.1 Å². The van der Waals surface area contributed by atoms with Gasteiger partial charge in [0.1, 0.15) is 11.6 Å². The minimum atomic E-state index is 0.318. The third-order valence-electron chi connectivity index (χ3n) is 5.56. The number of aliphatic imine (C=N–C) groups is 1. The normalized spacial score (nSPS) is 12.8. The quantitative estimate of drug-likeness (QED) is 0.399. The Morgan fingerprint density at radius 1 is 1.19 bits per heavy atom. The smallest absolute Gasteiger partial charge is 0.192 e. The van der Waals surface area contributed by atoms with E-state index < -0.39 is 0 Å². The van der Waals surface area contributed by atoms with Crippen LogP contribution in [0.2, 0.25) is 0 Å². The number of hydrogen-bond acceptors (Lipinski definition) is 5. The molecule has 1 aromatic carbocycles. The SMILES string of the molecule is CCN(CC)CCCC(C)NC(=NCc1ccc(OC)cc1)NCc1nnc(C)n1C. The molecule has 8 nitrogen and oxygen atoms in total. The number of nitrogens with one attached hydrogen (secondary N) is 2. The number of ether oxygens (including phenoxy) is 1. The van der Waals surface area contributed by atoms with Gasteiger partial charge in [-0.2, -0.15) is 0 Å². The van der Waals surface area contributed by atoms with E-state index in [9.17, 15) is 0 Å². The second-order valence-corrected chi connectivity index (χ2v) is 7.80. The molecule has 1 unspecified atom stereocenters. The van der Waals surface area contributed by atoms with E-state index in [0.717, 1.165) is 61.4 Å². The zero-order chi connectivity index (χ0) is 22.6. The lowest BCUT2D eigenvalue weighted by Gasteiger charge is -2.21. The number of guanidine groups is 1. The molecule has 0 amide bonds. The summed E-state index contributed by atoms with van der Waals surface area (Å²) in [5, 5.41) is 15.3. The summed E-state index contributed by atoms with van der Waals surface area (Å²) >= 11 is 0. The summed E-state index contributed by atoms with van der Waals surface area (Å²) < 4.78 is 7.23. The molecular formula is C23H39N7O. The standard InChI is InChI=1S/C23H39N7O/c1-7-30(8-2)15-9-10-18(3)26-23(25-17-22-28-27-19(4)29(22)5)24-16-20-11-13-21(31-6)14-12-20/h11-14,18H,7-10,15-17H2,1-6H3,(H2,24,25,26). The van der Waals surface area contributed by atoms with E-state index >= 15 is 0 Å². The molecule has 0 aliphatic heterocycles. The first-order valence-corrected chi connectivity index (χ1v) is 11.2. The zero-order valence-electron chi connectivity index (χ0n) is 20.0. The van der Waals surface area contributed by atoms with Gasteiger partial charge >= 0.3 is 0 Å². The molecule has 2 N–H and O–H groups in total. The molecule has 0 fully saturated rings. The summed E-state index contributed by atoms with van der Waals surface area (Å²) in [7, 11) is 3.65. The minimum absolute atomic E-state index is 0.318. The van der Waals surface area contributed by atoms with Crippen LogP contribution in [0, 0.1) is 6.92 Å². The molecule has 0 saturated heterocycles. The van der Waals surface area contributed by atoms with Gasteiger partial charge in [0.2, 0.25) is 0 Å². The van der Waals surface area contributed by atoms with Gasteiger partial charge in [0, 0.05) is 13.1 Å². The highest BCUT2D eigenvalue weighted by Gasteiger charge is 2.10. The molecule has 0 spiro atoms. The summed E-state index contributed by atoms with van der Waals surface area (Å²) in [6.07, 6.45) is 2.24. The van der Waals surface area contributed by atoms with Crippen LogP contribution >= 0.6 is 0 Å². The van der Waals surface area contributed by atoms with Crippen molar-refractivity contribution in [2.45, 2.75) is 59.7 Å². The van der Waals surface area contributed by atoms with E-state index in [-0.39, 0.29) is 0 Å². The molecule has 0 saturated carbocycles. The number of nitrogens with zero attached hydrogens (tertiary/aromatic N) is 5. The number of aryl methyl sites for hydroxylation is 1. The van der Waals surface area contributed by atoms with E-state index in [1.165, 1.54) is 0 Å². The van der Waals surface area contributed by atoms with Gasteiger partial charge in [0.05, 0.1) is 20.2 Å². The maximum absolute atomic E-state index is 5.24. The molecule has 0 aliphatic carbocycles. The van der Waals surface area contributed by atoms with Crippen molar-refractivity contribution in [1.29, 1.82) is 0 Å². The summed E-state index contributed by atoms with van der Waals surface area (Å²) in [5.74, 6) is 3.41. The van der Waals surface area contributed by atoms with Gasteiger partial charge in [-0.05, 0) is 64.0 Å². The van der Waals surface area contributed by atoms with Gasteiger partial charge in [0.15, 0.2) is 11.8 Å². The van der Waals surface area contributed by atoms with Crippen molar-refractivity contribution in [3.05, 3.63) is 41.5 Å². The minimum Gasteiger partial charge on any atom is -0.497 e. The fraction of sp³-hybridized carbons (Fsp3) is 0.609. The van der Waals surface area contributed by atoms with Gasteiger partial charge in [-0.3, -0.25) is 0 Å². The predicted molar refractivity (Wildman–Crippen MR) is 126 cm³/mol. The van der Waals surface area contributed by atoms with E-state index in [1.807, 2.05) is 42.8 Å². The fourth-order valence-corrected chi connectivity index (χ4v) is 3.29. The average Bonchev–Trinajstić information content (AvgIpc) is 3.11. The molecule has 2 rings (SSSR count). The molecule has 172 valence electrons. The molecule has 0 bridgehead atoms. The number of aromatic nitrogens is 3. The first-order valence-electron chi connectivity index (χ1n) is 11.2. The first kappa shape index (κ1) is 24.7. The number of methoxy groups -OCH3 is 1. The van der Waals surface area contributed by atoms with Crippen LogP contribution in [0.1, 0.15) is 50.8 Å². The topological polar surface area (TPSA) is 79.6 Å². The van der Waals surface area contributed by atoms with Crippen molar-refractivity contribution in [3.63, 3.8) is 0 Å². The van der Waals surface area contributed by atoms with E-state index in [1.54, 1.807) is 7.11 Å². The third kappa shape index (κ3) is 8.20. The highest BCUT2D eigenvalue weighted by molar-refractivity contribution is 5.80. The van der Waals surface area contributed by atoms with E-state index in [4.69, 9.17) is 9.73 Å². The Kier molecular flexibility index (Phi) is 10.3. The predicted octanol–water partition coefficient (Wildman–Crippen LogP) is 2.88. The highest BCUT2D eigenvalue weighted by atomic mass is 16.5. The Morgan fingerprint density at radius 2 is 1.90 bits per heavy atom. The Bertz CT molecular complexity index is 797. The monoisotopic (exact) mass is 429 g/mol.